The SMILES string of the molecule is Cc1ccc(O[C@@H]2C[C@@H]3CN(C(=O)c4ccn5ccnc5c4)C[C@@H]3C[C@H]2O)c(C)n1. The Morgan fingerprint density at radius 1 is 1.13 bits per heavy atom. The van der Waals surface area contributed by atoms with Gasteiger partial charge in [-0.1, -0.05) is 0 Å². The number of aromatic nitrogens is 3. The Balaban J connectivity index is 1.28. The highest BCUT2D eigenvalue weighted by molar-refractivity contribution is 5.95. The van der Waals surface area contributed by atoms with E-state index in [9.17, 15) is 9.90 Å². The molecule has 4 atom stereocenters. The highest BCUT2D eigenvalue weighted by atomic mass is 16.5. The molecule has 30 heavy (non-hydrogen) atoms. The summed E-state index contributed by atoms with van der Waals surface area (Å²) >= 11 is 0. The summed E-state index contributed by atoms with van der Waals surface area (Å²) in [6.07, 6.45) is 6.03. The molecule has 4 heterocycles. The van der Waals surface area contributed by atoms with Crippen LogP contribution < -0.4 is 4.74 Å². The van der Waals surface area contributed by atoms with Crippen molar-refractivity contribution in [2.45, 2.75) is 38.9 Å². The minimum absolute atomic E-state index is 0.0282. The van der Waals surface area contributed by atoms with E-state index in [1.807, 2.05) is 59.8 Å². The van der Waals surface area contributed by atoms with Crippen molar-refractivity contribution in [2.24, 2.45) is 11.8 Å². The van der Waals surface area contributed by atoms with E-state index < -0.39 is 6.10 Å². The fraction of sp³-hybridized carbons (Fsp3) is 0.435. The molecule has 1 saturated carbocycles. The Hall–Kier alpha value is -2.93. The number of fused-ring (bicyclic) bond motifs is 2. The van der Waals surface area contributed by atoms with Crippen molar-refractivity contribution in [1.29, 1.82) is 0 Å². The van der Waals surface area contributed by atoms with Crippen LogP contribution in [0.15, 0.2) is 42.9 Å². The number of pyridine rings is 2. The molecule has 2 aliphatic rings. The lowest BCUT2D eigenvalue weighted by Crippen LogP contribution is -2.42. The number of nitrogens with zero attached hydrogens (tertiary/aromatic N) is 4. The third-order valence-corrected chi connectivity index (χ3v) is 6.47. The van der Waals surface area contributed by atoms with Gasteiger partial charge in [0.05, 0.1) is 11.8 Å². The Bertz CT molecular complexity index is 1090. The normalized spacial score (nSPS) is 26.0. The molecule has 0 bridgehead atoms. The van der Waals surface area contributed by atoms with E-state index >= 15 is 0 Å². The summed E-state index contributed by atoms with van der Waals surface area (Å²) in [5, 5.41) is 10.7. The molecule has 5 rings (SSSR count). The van der Waals surface area contributed by atoms with Gasteiger partial charge in [-0.2, -0.15) is 0 Å². The molecule has 3 aromatic heterocycles. The average Bonchev–Trinajstić information content (AvgIpc) is 3.35. The van der Waals surface area contributed by atoms with Crippen LogP contribution in [0.5, 0.6) is 5.75 Å². The first-order chi connectivity index (χ1) is 14.5. The summed E-state index contributed by atoms with van der Waals surface area (Å²) < 4.78 is 8.04. The van der Waals surface area contributed by atoms with Crippen molar-refractivity contribution in [3.63, 3.8) is 0 Å². The van der Waals surface area contributed by atoms with E-state index in [0.29, 0.717) is 36.9 Å². The number of likely N-dealkylation sites (tertiary alicyclic amines) is 1. The molecular weight excluding hydrogens is 380 g/mol. The van der Waals surface area contributed by atoms with Gasteiger partial charge in [-0.15, -0.1) is 0 Å². The zero-order valence-corrected chi connectivity index (χ0v) is 17.2. The third kappa shape index (κ3) is 3.43. The fourth-order valence-corrected chi connectivity index (χ4v) is 4.87. The highest BCUT2D eigenvalue weighted by Crippen LogP contribution is 2.38. The predicted octanol–water partition coefficient (Wildman–Crippen LogP) is 2.64. The van der Waals surface area contributed by atoms with Crippen LogP contribution in [0.1, 0.15) is 34.6 Å². The lowest BCUT2D eigenvalue weighted by molar-refractivity contribution is -0.0236. The summed E-state index contributed by atoms with van der Waals surface area (Å²) in [4.78, 5) is 23.7. The van der Waals surface area contributed by atoms with E-state index in [0.717, 1.165) is 29.2 Å². The summed E-state index contributed by atoms with van der Waals surface area (Å²) in [6, 6.07) is 7.52. The molecule has 1 saturated heterocycles. The molecule has 156 valence electrons. The maximum Gasteiger partial charge on any atom is 0.254 e. The second kappa shape index (κ2) is 7.40. The molecule has 0 radical (unpaired) electrons. The summed E-state index contributed by atoms with van der Waals surface area (Å²) in [5.41, 5.74) is 3.20. The molecular formula is C23H26N4O3. The number of aliphatic hydroxyl groups is 1. The molecule has 0 unspecified atom stereocenters. The molecule has 1 aliphatic heterocycles. The number of amides is 1. The minimum Gasteiger partial charge on any atom is -0.486 e. The Morgan fingerprint density at radius 2 is 1.93 bits per heavy atom. The Labute approximate surface area is 175 Å². The number of ether oxygens (including phenoxy) is 1. The highest BCUT2D eigenvalue weighted by Gasteiger charge is 2.44. The smallest absolute Gasteiger partial charge is 0.254 e. The van der Waals surface area contributed by atoms with Gasteiger partial charge in [-0.3, -0.25) is 9.78 Å². The van der Waals surface area contributed by atoms with E-state index in [2.05, 4.69) is 9.97 Å². The average molecular weight is 406 g/mol. The lowest BCUT2D eigenvalue weighted by Gasteiger charge is -2.35. The predicted molar refractivity (Wildman–Crippen MR) is 111 cm³/mol. The molecule has 3 aromatic rings. The second-order valence-electron chi connectivity index (χ2n) is 8.57. The Morgan fingerprint density at radius 3 is 2.73 bits per heavy atom. The molecule has 0 spiro atoms. The number of imidazole rings is 1. The van der Waals surface area contributed by atoms with Crippen LogP contribution in [-0.2, 0) is 0 Å². The van der Waals surface area contributed by atoms with Crippen molar-refractivity contribution in [3.05, 3.63) is 59.8 Å². The van der Waals surface area contributed by atoms with Gasteiger partial charge in [-0.25, -0.2) is 4.98 Å². The molecule has 7 heteroatoms. The summed E-state index contributed by atoms with van der Waals surface area (Å²) in [5.74, 6) is 1.38. The molecule has 1 N–H and O–H groups in total. The molecule has 1 aliphatic carbocycles. The number of aliphatic hydroxyl groups excluding tert-OH is 1. The van der Waals surface area contributed by atoms with Crippen molar-refractivity contribution in [1.82, 2.24) is 19.3 Å². The van der Waals surface area contributed by atoms with Gasteiger partial charge in [0.2, 0.25) is 0 Å². The number of rotatable bonds is 3. The second-order valence-corrected chi connectivity index (χ2v) is 8.57. The van der Waals surface area contributed by atoms with Gasteiger partial charge in [0.25, 0.3) is 5.91 Å². The number of hydrogen-bond donors (Lipinski definition) is 1. The monoisotopic (exact) mass is 406 g/mol. The van der Waals surface area contributed by atoms with Crippen LogP contribution in [0.2, 0.25) is 0 Å². The summed E-state index contributed by atoms with van der Waals surface area (Å²) in [7, 11) is 0. The Kier molecular flexibility index (Phi) is 4.70. The lowest BCUT2D eigenvalue weighted by atomic mass is 9.78. The first-order valence-electron chi connectivity index (χ1n) is 10.5. The van der Waals surface area contributed by atoms with Crippen LogP contribution in [0.4, 0.5) is 0 Å². The van der Waals surface area contributed by atoms with Crippen LogP contribution in [0.25, 0.3) is 5.65 Å². The molecule has 2 fully saturated rings. The van der Waals surface area contributed by atoms with Gasteiger partial charge in [0, 0.05) is 42.9 Å². The minimum atomic E-state index is -0.539. The van der Waals surface area contributed by atoms with Gasteiger partial charge in [0.15, 0.2) is 0 Å². The number of carbonyl (C=O) groups is 1. The largest absolute Gasteiger partial charge is 0.486 e. The van der Waals surface area contributed by atoms with Gasteiger partial charge in [-0.05, 0) is 62.8 Å². The van der Waals surface area contributed by atoms with Gasteiger partial charge >= 0.3 is 0 Å². The number of aryl methyl sites for hydroxylation is 2. The van der Waals surface area contributed by atoms with Crippen LogP contribution in [0, 0.1) is 25.7 Å². The van der Waals surface area contributed by atoms with Crippen molar-refractivity contribution in [2.75, 3.05) is 13.1 Å². The summed E-state index contributed by atoms with van der Waals surface area (Å²) in [6.45, 7) is 5.25. The molecule has 1 amide bonds. The number of hydrogen-bond acceptors (Lipinski definition) is 5. The maximum absolute atomic E-state index is 13.1. The zero-order chi connectivity index (χ0) is 20.8. The quantitative estimate of drug-likeness (QED) is 0.723. The number of carbonyl (C=O) groups excluding carboxylic acids is 1. The fourth-order valence-electron chi connectivity index (χ4n) is 4.87. The van der Waals surface area contributed by atoms with Crippen LogP contribution in [0.3, 0.4) is 0 Å². The van der Waals surface area contributed by atoms with E-state index in [1.54, 1.807) is 6.20 Å². The van der Waals surface area contributed by atoms with Crippen molar-refractivity contribution < 1.29 is 14.6 Å². The first kappa shape index (κ1) is 19.1. The van der Waals surface area contributed by atoms with E-state index in [4.69, 9.17) is 4.74 Å². The molecule has 0 aromatic carbocycles. The van der Waals surface area contributed by atoms with Crippen LogP contribution >= 0.6 is 0 Å². The first-order valence-corrected chi connectivity index (χ1v) is 10.5. The van der Waals surface area contributed by atoms with E-state index in [1.165, 1.54) is 0 Å². The maximum atomic E-state index is 13.1. The van der Waals surface area contributed by atoms with Gasteiger partial charge in [0.1, 0.15) is 17.5 Å². The standard InChI is InChI=1S/C23H26N4O3/c1-14-3-4-20(15(2)25-14)30-21-10-18-13-27(12-17(18)9-19(21)28)23(29)16-5-7-26-8-6-24-22(26)11-16/h3-8,11,17-19,21,28H,9-10,12-13H2,1-2H3/t17-,18+,19+,21+/m0/s1. The van der Waals surface area contributed by atoms with Crippen LogP contribution in [-0.4, -0.2) is 55.6 Å². The topological polar surface area (TPSA) is 80.0 Å². The zero-order valence-electron chi connectivity index (χ0n) is 17.2. The molecule has 7 nitrogen and oxygen atoms in total. The van der Waals surface area contributed by atoms with Crippen molar-refractivity contribution in [3.8, 4) is 5.75 Å². The third-order valence-electron chi connectivity index (χ3n) is 6.47. The van der Waals surface area contributed by atoms with Gasteiger partial charge < -0.3 is 19.1 Å². The van der Waals surface area contributed by atoms with Crippen molar-refractivity contribution >= 4 is 11.6 Å². The van der Waals surface area contributed by atoms with E-state index in [-0.39, 0.29) is 12.0 Å².